The Kier molecular flexibility index (Phi) is 6.14. The zero-order valence-electron chi connectivity index (χ0n) is 17.8. The Morgan fingerprint density at radius 3 is 2.39 bits per heavy atom. The molecule has 28 heavy (non-hydrogen) atoms. The van der Waals surface area contributed by atoms with E-state index in [0.717, 1.165) is 30.7 Å². The molecule has 5 nitrogen and oxygen atoms in total. The van der Waals surface area contributed by atoms with Crippen molar-refractivity contribution in [2.24, 2.45) is 11.3 Å². The van der Waals surface area contributed by atoms with Crippen LogP contribution in [-0.2, 0) is 11.3 Å². The molecule has 4 rings (SSSR count). The van der Waals surface area contributed by atoms with E-state index in [2.05, 4.69) is 21.9 Å². The van der Waals surface area contributed by atoms with E-state index in [0.29, 0.717) is 11.3 Å². The van der Waals surface area contributed by atoms with E-state index < -0.39 is 0 Å². The first-order chi connectivity index (χ1) is 13.7. The minimum absolute atomic E-state index is 0.458. The first kappa shape index (κ1) is 20.0. The normalized spacial score (nSPS) is 25.8. The minimum Gasteiger partial charge on any atom is -0.493 e. The number of piperidine rings is 1. The summed E-state index contributed by atoms with van der Waals surface area (Å²) in [5, 5.41) is 0. The Hall–Kier alpha value is -1.30. The molecule has 0 bridgehead atoms. The van der Waals surface area contributed by atoms with Crippen molar-refractivity contribution in [1.82, 2.24) is 9.80 Å². The van der Waals surface area contributed by atoms with Gasteiger partial charge in [0.05, 0.1) is 20.8 Å². The standard InChI is InChI=1S/C23H36N2O3/c1-26-16-19-15-25(20-5-4-6-20)17-23(19)9-11-24(12-10-23)14-18-7-8-21(27-2)22(13-18)28-3/h7-8,13,19-20H,4-6,9-12,14-17H2,1-3H3. The lowest BCUT2D eigenvalue weighted by Crippen LogP contribution is -2.45. The molecule has 0 aromatic heterocycles. The molecule has 2 aliphatic heterocycles. The second kappa shape index (κ2) is 8.60. The van der Waals surface area contributed by atoms with Crippen LogP contribution in [0.3, 0.4) is 0 Å². The molecule has 1 spiro atoms. The zero-order chi connectivity index (χ0) is 19.6. The first-order valence-electron chi connectivity index (χ1n) is 10.8. The summed E-state index contributed by atoms with van der Waals surface area (Å²) in [6, 6.07) is 7.14. The van der Waals surface area contributed by atoms with Crippen LogP contribution in [0.15, 0.2) is 18.2 Å². The predicted molar refractivity (Wildman–Crippen MR) is 111 cm³/mol. The van der Waals surface area contributed by atoms with Gasteiger partial charge in [-0.15, -0.1) is 0 Å². The van der Waals surface area contributed by atoms with E-state index in [-0.39, 0.29) is 0 Å². The average molecular weight is 389 g/mol. The van der Waals surface area contributed by atoms with E-state index in [1.165, 1.54) is 63.8 Å². The molecule has 0 radical (unpaired) electrons. The fourth-order valence-corrected chi connectivity index (χ4v) is 5.50. The zero-order valence-corrected chi connectivity index (χ0v) is 17.8. The number of ether oxygens (including phenoxy) is 3. The summed E-state index contributed by atoms with van der Waals surface area (Å²) in [7, 11) is 5.26. The van der Waals surface area contributed by atoms with Gasteiger partial charge in [-0.05, 0) is 61.9 Å². The fourth-order valence-electron chi connectivity index (χ4n) is 5.50. The van der Waals surface area contributed by atoms with Gasteiger partial charge in [-0.2, -0.15) is 0 Å². The molecule has 1 aliphatic carbocycles. The van der Waals surface area contributed by atoms with Crippen molar-refractivity contribution >= 4 is 0 Å². The fraction of sp³-hybridized carbons (Fsp3) is 0.739. The summed E-state index contributed by atoms with van der Waals surface area (Å²) < 4.78 is 16.5. The average Bonchev–Trinajstić information content (AvgIpc) is 3.00. The molecule has 1 aromatic carbocycles. The van der Waals surface area contributed by atoms with Gasteiger partial charge < -0.3 is 14.2 Å². The lowest BCUT2D eigenvalue weighted by Gasteiger charge is -2.43. The van der Waals surface area contributed by atoms with Crippen molar-refractivity contribution in [3.05, 3.63) is 23.8 Å². The summed E-state index contributed by atoms with van der Waals surface area (Å²) in [6.45, 7) is 6.78. The maximum Gasteiger partial charge on any atom is 0.161 e. The smallest absolute Gasteiger partial charge is 0.161 e. The predicted octanol–water partition coefficient (Wildman–Crippen LogP) is 3.42. The first-order valence-corrected chi connectivity index (χ1v) is 10.8. The molecule has 1 saturated carbocycles. The topological polar surface area (TPSA) is 34.2 Å². The third-order valence-corrected chi connectivity index (χ3v) is 7.50. The molecule has 1 unspecified atom stereocenters. The van der Waals surface area contributed by atoms with Crippen molar-refractivity contribution in [1.29, 1.82) is 0 Å². The van der Waals surface area contributed by atoms with E-state index >= 15 is 0 Å². The van der Waals surface area contributed by atoms with Crippen molar-refractivity contribution in [2.45, 2.75) is 44.7 Å². The summed E-state index contributed by atoms with van der Waals surface area (Å²) in [5.74, 6) is 2.31. The lowest BCUT2D eigenvalue weighted by molar-refractivity contribution is 0.0336. The number of benzene rings is 1. The van der Waals surface area contributed by atoms with Crippen molar-refractivity contribution in [2.75, 3.05) is 54.1 Å². The maximum absolute atomic E-state index is 5.64. The monoisotopic (exact) mass is 388 g/mol. The minimum atomic E-state index is 0.458. The van der Waals surface area contributed by atoms with Gasteiger partial charge in [-0.3, -0.25) is 9.80 Å². The second-order valence-corrected chi connectivity index (χ2v) is 8.99. The highest BCUT2D eigenvalue weighted by molar-refractivity contribution is 5.42. The van der Waals surface area contributed by atoms with Gasteiger partial charge in [0.2, 0.25) is 0 Å². The summed E-state index contributed by atoms with van der Waals surface area (Å²) in [6.07, 6.45) is 6.81. The van der Waals surface area contributed by atoms with Crippen LogP contribution in [0, 0.1) is 11.3 Å². The number of nitrogens with zero attached hydrogens (tertiary/aromatic N) is 2. The number of hydrogen-bond acceptors (Lipinski definition) is 5. The van der Waals surface area contributed by atoms with E-state index in [9.17, 15) is 0 Å². The van der Waals surface area contributed by atoms with Crippen molar-refractivity contribution < 1.29 is 14.2 Å². The molecule has 1 atom stereocenters. The largest absolute Gasteiger partial charge is 0.493 e. The van der Waals surface area contributed by atoms with Crippen LogP contribution in [0.4, 0.5) is 0 Å². The second-order valence-electron chi connectivity index (χ2n) is 8.99. The molecule has 1 aromatic rings. The van der Waals surface area contributed by atoms with Gasteiger partial charge in [0.15, 0.2) is 11.5 Å². The summed E-state index contributed by atoms with van der Waals surface area (Å²) >= 11 is 0. The number of hydrogen-bond donors (Lipinski definition) is 0. The SMILES string of the molecule is COCC1CN(C2CCC2)CC12CCN(Cc1ccc(OC)c(OC)c1)CC2. The van der Waals surface area contributed by atoms with Crippen LogP contribution in [-0.4, -0.2) is 70.0 Å². The van der Waals surface area contributed by atoms with Gasteiger partial charge >= 0.3 is 0 Å². The Balaban J connectivity index is 1.38. The maximum atomic E-state index is 5.64. The lowest BCUT2D eigenvalue weighted by atomic mass is 9.71. The molecule has 3 aliphatic rings. The Morgan fingerprint density at radius 1 is 1.04 bits per heavy atom. The Labute approximate surface area is 169 Å². The number of likely N-dealkylation sites (tertiary alicyclic amines) is 2. The molecule has 2 heterocycles. The van der Waals surface area contributed by atoms with Crippen LogP contribution in [0.25, 0.3) is 0 Å². The summed E-state index contributed by atoms with van der Waals surface area (Å²) in [4.78, 5) is 5.39. The Morgan fingerprint density at radius 2 is 1.79 bits per heavy atom. The van der Waals surface area contributed by atoms with Crippen LogP contribution >= 0.6 is 0 Å². The molecule has 156 valence electrons. The molecule has 5 heteroatoms. The van der Waals surface area contributed by atoms with Crippen LogP contribution in [0.1, 0.15) is 37.7 Å². The number of methoxy groups -OCH3 is 3. The summed E-state index contributed by atoms with van der Waals surface area (Å²) in [5.41, 5.74) is 1.75. The van der Waals surface area contributed by atoms with Gasteiger partial charge in [-0.25, -0.2) is 0 Å². The van der Waals surface area contributed by atoms with Crippen molar-refractivity contribution in [3.63, 3.8) is 0 Å². The molecular weight excluding hydrogens is 352 g/mol. The third-order valence-electron chi connectivity index (χ3n) is 7.50. The highest BCUT2D eigenvalue weighted by Crippen LogP contribution is 2.47. The molecule has 3 fully saturated rings. The van der Waals surface area contributed by atoms with Crippen LogP contribution in [0.2, 0.25) is 0 Å². The molecule has 0 N–H and O–H groups in total. The molecule has 0 amide bonds. The number of rotatable bonds is 7. The third kappa shape index (κ3) is 3.89. The molecule has 2 saturated heterocycles. The van der Waals surface area contributed by atoms with Gasteiger partial charge in [-0.1, -0.05) is 12.5 Å². The van der Waals surface area contributed by atoms with Crippen LogP contribution < -0.4 is 9.47 Å². The highest BCUT2D eigenvalue weighted by atomic mass is 16.5. The molecular formula is C23H36N2O3. The van der Waals surface area contributed by atoms with Gasteiger partial charge in [0.25, 0.3) is 0 Å². The highest BCUT2D eigenvalue weighted by Gasteiger charge is 2.49. The quantitative estimate of drug-likeness (QED) is 0.715. The van der Waals surface area contributed by atoms with E-state index in [4.69, 9.17) is 14.2 Å². The van der Waals surface area contributed by atoms with Gasteiger partial charge in [0.1, 0.15) is 0 Å². The van der Waals surface area contributed by atoms with Crippen LogP contribution in [0.5, 0.6) is 11.5 Å². The Bertz CT molecular complexity index is 653. The van der Waals surface area contributed by atoms with Gasteiger partial charge in [0, 0.05) is 38.7 Å². The van der Waals surface area contributed by atoms with E-state index in [1.807, 2.05) is 13.2 Å². The van der Waals surface area contributed by atoms with Crippen molar-refractivity contribution in [3.8, 4) is 11.5 Å². The van der Waals surface area contributed by atoms with E-state index in [1.54, 1.807) is 14.2 Å².